The topological polar surface area (TPSA) is 31.2 Å². The first-order valence-corrected chi connectivity index (χ1v) is 41.5. The SMILES string of the molecule is Brc1ccc2oc3ccccc3c2c1.c1ccc2c(c1)-c1ccccc1C21c2ccccc2C2(c3ccccc3-c3ccccc32)c2cc3c(cc21)c1ccccc1n3-c1ccc2oc3ccccc3c2c1.c1ccc2c(c1)Cc1cc3c(cc1-2)C1(c2ccccc2-c2ccccc21)c1ccccc1C31c2ccccc2-c2ccccc21. The van der Waals surface area contributed by atoms with Gasteiger partial charge in [0.25, 0.3) is 0 Å². The summed E-state index contributed by atoms with van der Waals surface area (Å²) in [4.78, 5) is 0. The highest BCUT2D eigenvalue weighted by molar-refractivity contribution is 9.10. The summed E-state index contributed by atoms with van der Waals surface area (Å²) < 4.78 is 15.6. The second kappa shape index (κ2) is 24.0. The molecule has 0 saturated heterocycles. The van der Waals surface area contributed by atoms with Crippen LogP contribution in [-0.2, 0) is 28.1 Å². The van der Waals surface area contributed by atoms with Crippen molar-refractivity contribution in [1.82, 2.24) is 4.57 Å². The van der Waals surface area contributed by atoms with Gasteiger partial charge in [-0.15, -0.1) is 0 Å². The highest BCUT2D eigenvalue weighted by Crippen LogP contribution is 2.71. The maximum absolute atomic E-state index is 6.34. The summed E-state index contributed by atoms with van der Waals surface area (Å²) in [6.07, 6.45) is 0.972. The van der Waals surface area contributed by atoms with E-state index in [1.807, 2.05) is 36.4 Å². The Balaban J connectivity index is 0.000000112. The molecule has 3 nitrogen and oxygen atoms in total. The van der Waals surface area contributed by atoms with Crippen LogP contribution < -0.4 is 0 Å². The highest BCUT2D eigenvalue weighted by Gasteiger charge is 2.62. The van der Waals surface area contributed by atoms with Crippen LogP contribution in [0.15, 0.2) is 414 Å². The third kappa shape index (κ3) is 8.29. The van der Waals surface area contributed by atoms with Crippen LogP contribution in [0.3, 0.4) is 0 Å². The number of furan rings is 2. The molecule has 0 unspecified atom stereocenters. The van der Waals surface area contributed by atoms with Crippen molar-refractivity contribution < 1.29 is 8.83 Å². The minimum atomic E-state index is -0.559. The van der Waals surface area contributed by atoms with Crippen molar-refractivity contribution in [2.45, 2.75) is 28.1 Å². The van der Waals surface area contributed by atoms with Gasteiger partial charge in [0, 0.05) is 42.5 Å². The molecule has 544 valence electrons. The monoisotopic (exact) mass is 1550 g/mol. The minimum Gasteiger partial charge on any atom is -0.456 e. The number of nitrogens with zero attached hydrogens (tertiary/aromatic N) is 1. The summed E-state index contributed by atoms with van der Waals surface area (Å²) >= 11 is 3.46. The molecule has 0 aliphatic heterocycles. The van der Waals surface area contributed by atoms with E-state index in [0.717, 1.165) is 55.1 Å². The molecule has 4 heteroatoms. The fourth-order valence-corrected chi connectivity index (χ4v) is 23.7. The van der Waals surface area contributed by atoms with Gasteiger partial charge in [-0.25, -0.2) is 0 Å². The van der Waals surface area contributed by atoms with E-state index in [0.29, 0.717) is 0 Å². The number of halogens is 1. The summed E-state index contributed by atoms with van der Waals surface area (Å²) in [5.41, 5.74) is 43.5. The maximum atomic E-state index is 6.34. The Hall–Kier alpha value is -14.2. The van der Waals surface area contributed by atoms with E-state index in [2.05, 4.69) is 384 Å². The van der Waals surface area contributed by atoms with Gasteiger partial charge in [0.05, 0.1) is 32.7 Å². The first-order valence-electron chi connectivity index (χ1n) is 40.8. The van der Waals surface area contributed by atoms with Crippen LogP contribution in [0.2, 0.25) is 0 Å². The van der Waals surface area contributed by atoms with Crippen molar-refractivity contribution in [1.29, 1.82) is 0 Å². The molecule has 0 N–H and O–H groups in total. The second-order valence-electron chi connectivity index (χ2n) is 32.6. The number of hydrogen-bond donors (Lipinski definition) is 0. The van der Waals surface area contributed by atoms with Gasteiger partial charge in [-0.2, -0.15) is 0 Å². The third-order valence-electron chi connectivity index (χ3n) is 27.6. The molecule has 3 aromatic heterocycles. The van der Waals surface area contributed by atoms with Gasteiger partial charge >= 0.3 is 0 Å². The summed E-state index contributed by atoms with van der Waals surface area (Å²) in [6.45, 7) is 0. The molecule has 0 fully saturated rings. The van der Waals surface area contributed by atoms with Crippen LogP contribution >= 0.6 is 15.9 Å². The van der Waals surface area contributed by atoms with Crippen molar-refractivity contribution in [3.8, 4) is 61.3 Å². The molecular formula is C113H68BrNO2. The number of hydrogen-bond acceptors (Lipinski definition) is 2. The molecular weight excluding hydrogens is 1480 g/mol. The molecule has 0 atom stereocenters. The lowest BCUT2D eigenvalue weighted by atomic mass is 9.52. The normalized spacial score (nSPS) is 14.8. The van der Waals surface area contributed by atoms with E-state index in [1.165, 1.54) is 183 Å². The van der Waals surface area contributed by atoms with Crippen LogP contribution in [0.25, 0.3) is 127 Å². The van der Waals surface area contributed by atoms with Gasteiger partial charge in [0.15, 0.2) is 0 Å². The fourth-order valence-electron chi connectivity index (χ4n) is 23.4. The van der Waals surface area contributed by atoms with Gasteiger partial charge in [-0.05, 0) is 235 Å². The van der Waals surface area contributed by atoms with Gasteiger partial charge in [-0.1, -0.05) is 344 Å². The van der Waals surface area contributed by atoms with E-state index in [4.69, 9.17) is 8.83 Å². The zero-order valence-electron chi connectivity index (χ0n) is 63.5. The number of aromatic nitrogens is 1. The van der Waals surface area contributed by atoms with Crippen molar-refractivity contribution in [3.05, 3.63) is 505 Å². The highest BCUT2D eigenvalue weighted by atomic mass is 79.9. The predicted molar refractivity (Wildman–Crippen MR) is 480 cm³/mol. The standard InChI is InChI=1S/C56H33NO.C45H28.C12H7BrO/c1-7-21-43-35(15-1)36-16-2-8-22-44(36)55(43)47-25-11-12-26-48(47)56(45-23-9-3-17-37(45)38-18-4-10-24-46(38)56)50-33-52-41(32-49(50)55)39-19-5-13-27-51(39)57(52)34-29-30-54-42(31-34)40-20-6-14-28-53(40)58-54;1-2-14-30-28(13-1)25-29-26-42-43(27-35(29)30)45(38-21-9-5-17-33(38)34-18-6-10-22-39(34)45)41-24-12-11-23-40(41)44(42)36-19-7-3-15-31(36)32-16-4-8-20-37(32)44;13-8-5-6-12-10(7-8)9-3-1-2-4-11(9)14-12/h1-33H;1-24,26-27H,25H2;1-7H. The first kappa shape index (κ1) is 65.3. The number of benzene rings is 18. The molecule has 28 rings (SSSR count). The van der Waals surface area contributed by atoms with E-state index in [1.54, 1.807) is 0 Å². The van der Waals surface area contributed by atoms with Crippen LogP contribution in [0.5, 0.6) is 0 Å². The Morgan fingerprint density at radius 3 is 0.949 bits per heavy atom. The molecule has 0 saturated carbocycles. The molecule has 0 radical (unpaired) electrons. The Morgan fingerprint density at radius 1 is 0.197 bits per heavy atom. The third-order valence-corrected chi connectivity index (χ3v) is 28.1. The lowest BCUT2D eigenvalue weighted by Gasteiger charge is -2.49. The van der Waals surface area contributed by atoms with Gasteiger partial charge in [0.1, 0.15) is 22.3 Å². The molecule has 21 aromatic rings. The zero-order chi connectivity index (χ0) is 76.6. The minimum absolute atomic E-state index is 0.416. The van der Waals surface area contributed by atoms with Crippen molar-refractivity contribution in [2.24, 2.45) is 0 Å². The number of rotatable bonds is 1. The molecule has 3 heterocycles. The average Bonchev–Trinajstić information content (AvgIpc) is 1.50. The Labute approximate surface area is 684 Å². The van der Waals surface area contributed by atoms with Crippen molar-refractivity contribution >= 4 is 81.6 Å². The molecule has 7 aliphatic rings. The second-order valence-corrected chi connectivity index (χ2v) is 33.5. The van der Waals surface area contributed by atoms with E-state index in [-0.39, 0.29) is 0 Å². The first-order chi connectivity index (χ1) is 57.9. The van der Waals surface area contributed by atoms with Crippen molar-refractivity contribution in [2.75, 3.05) is 0 Å². The fraction of sp³-hybridized carbons (Fsp3) is 0.0442. The van der Waals surface area contributed by atoms with Crippen LogP contribution in [-0.4, -0.2) is 4.57 Å². The Kier molecular flexibility index (Phi) is 13.4. The lowest BCUT2D eigenvalue weighted by molar-refractivity contribution is 0.632. The number of fused-ring (bicyclic) bond motifs is 44. The molecule has 117 heavy (non-hydrogen) atoms. The van der Waals surface area contributed by atoms with Crippen LogP contribution in [0.4, 0.5) is 0 Å². The number of para-hydroxylation sites is 3. The molecule has 7 aliphatic carbocycles. The van der Waals surface area contributed by atoms with Gasteiger partial charge in [-0.3, -0.25) is 0 Å². The maximum Gasteiger partial charge on any atom is 0.135 e. The Bertz CT molecular complexity index is 7750. The largest absolute Gasteiger partial charge is 0.456 e. The van der Waals surface area contributed by atoms with Gasteiger partial charge < -0.3 is 13.4 Å². The smallest absolute Gasteiger partial charge is 0.135 e. The summed E-state index contributed by atoms with van der Waals surface area (Å²) in [5, 5.41) is 7.08. The molecule has 18 aromatic carbocycles. The molecule has 0 bridgehead atoms. The molecule has 0 amide bonds. The summed E-state index contributed by atoms with van der Waals surface area (Å²) in [6, 6.07) is 150. The zero-order valence-corrected chi connectivity index (χ0v) is 65.0. The van der Waals surface area contributed by atoms with E-state index < -0.39 is 21.7 Å². The lowest BCUT2D eigenvalue weighted by Crippen LogP contribution is -2.44. The van der Waals surface area contributed by atoms with E-state index in [9.17, 15) is 0 Å². The summed E-state index contributed by atoms with van der Waals surface area (Å²) in [7, 11) is 0. The predicted octanol–water partition coefficient (Wildman–Crippen LogP) is 28.4. The van der Waals surface area contributed by atoms with Crippen LogP contribution in [0, 0.1) is 0 Å². The van der Waals surface area contributed by atoms with Crippen LogP contribution in [0.1, 0.15) is 100 Å². The van der Waals surface area contributed by atoms with Crippen molar-refractivity contribution in [3.63, 3.8) is 0 Å². The summed E-state index contributed by atoms with van der Waals surface area (Å²) in [5.74, 6) is 0. The Morgan fingerprint density at radius 2 is 0.513 bits per heavy atom. The quantitative estimate of drug-likeness (QED) is 0.164. The van der Waals surface area contributed by atoms with Gasteiger partial charge in [0.2, 0.25) is 0 Å². The molecule has 4 spiro atoms. The van der Waals surface area contributed by atoms with E-state index >= 15 is 0 Å². The average molecular weight is 1550 g/mol.